The molecule has 2 aromatic rings. The molecule has 21 heavy (non-hydrogen) atoms. The van der Waals surface area contributed by atoms with Crippen LogP contribution in [0.15, 0.2) is 30.6 Å². The van der Waals surface area contributed by atoms with Crippen LogP contribution in [0.4, 0.5) is 14.6 Å². The van der Waals surface area contributed by atoms with Crippen molar-refractivity contribution in [3.05, 3.63) is 47.8 Å². The highest BCUT2D eigenvalue weighted by Gasteiger charge is 2.03. The standard InChI is InChI=1S/C15H17F2N3O/c1-10(2)21-15-8-14(19-9-20-15)18-4-3-11-5-12(16)7-13(17)6-11/h5-10H,3-4H2,1-2H3,(H,18,19,20). The van der Waals surface area contributed by atoms with Crippen molar-refractivity contribution in [1.29, 1.82) is 0 Å². The fourth-order valence-electron chi connectivity index (χ4n) is 1.83. The van der Waals surface area contributed by atoms with Crippen LogP contribution in [0.3, 0.4) is 0 Å². The Bertz CT molecular complexity index is 585. The molecule has 2 rings (SSSR count). The molecule has 6 heteroatoms. The van der Waals surface area contributed by atoms with Gasteiger partial charge < -0.3 is 10.1 Å². The SMILES string of the molecule is CC(C)Oc1cc(NCCc2cc(F)cc(F)c2)ncn1. The topological polar surface area (TPSA) is 47.0 Å². The molecule has 0 aliphatic heterocycles. The van der Waals surface area contributed by atoms with Crippen LogP contribution >= 0.6 is 0 Å². The van der Waals surface area contributed by atoms with Crippen LogP contribution in [0.5, 0.6) is 5.88 Å². The van der Waals surface area contributed by atoms with E-state index in [0.717, 1.165) is 6.07 Å². The molecule has 0 bridgehead atoms. The molecular weight excluding hydrogens is 276 g/mol. The summed E-state index contributed by atoms with van der Waals surface area (Å²) >= 11 is 0. The number of hydrogen-bond donors (Lipinski definition) is 1. The van der Waals surface area contributed by atoms with Crippen molar-refractivity contribution in [2.45, 2.75) is 26.4 Å². The van der Waals surface area contributed by atoms with Gasteiger partial charge in [-0.05, 0) is 38.0 Å². The third-order valence-corrected chi connectivity index (χ3v) is 2.64. The molecule has 4 nitrogen and oxygen atoms in total. The van der Waals surface area contributed by atoms with Crippen LogP contribution < -0.4 is 10.1 Å². The Kier molecular flexibility index (Phi) is 5.03. The maximum atomic E-state index is 13.1. The van der Waals surface area contributed by atoms with Gasteiger partial charge in [-0.1, -0.05) is 0 Å². The highest BCUT2D eigenvalue weighted by atomic mass is 19.1. The summed E-state index contributed by atoms with van der Waals surface area (Å²) in [5.41, 5.74) is 0.590. The van der Waals surface area contributed by atoms with Gasteiger partial charge in [0.05, 0.1) is 6.10 Å². The van der Waals surface area contributed by atoms with Crippen LogP contribution in [-0.2, 0) is 6.42 Å². The predicted octanol–water partition coefficient (Wildman–Crippen LogP) is 3.20. The lowest BCUT2D eigenvalue weighted by Crippen LogP contribution is -2.10. The summed E-state index contributed by atoms with van der Waals surface area (Å²) in [6.07, 6.45) is 1.92. The minimum atomic E-state index is -0.570. The van der Waals surface area contributed by atoms with Gasteiger partial charge in [0.25, 0.3) is 0 Å². The predicted molar refractivity (Wildman–Crippen MR) is 76.3 cm³/mol. The minimum Gasteiger partial charge on any atom is -0.475 e. The molecule has 1 aromatic carbocycles. The van der Waals surface area contributed by atoms with E-state index in [1.807, 2.05) is 13.8 Å². The van der Waals surface area contributed by atoms with Crippen LogP contribution in [0, 0.1) is 11.6 Å². The Morgan fingerprint density at radius 2 is 1.81 bits per heavy atom. The zero-order valence-corrected chi connectivity index (χ0v) is 11.9. The van der Waals surface area contributed by atoms with Crippen molar-refractivity contribution in [2.24, 2.45) is 0 Å². The lowest BCUT2D eigenvalue weighted by molar-refractivity contribution is 0.232. The van der Waals surface area contributed by atoms with Gasteiger partial charge in [-0.15, -0.1) is 0 Å². The summed E-state index contributed by atoms with van der Waals surface area (Å²) in [6, 6.07) is 5.18. The van der Waals surface area contributed by atoms with Crippen molar-refractivity contribution in [1.82, 2.24) is 9.97 Å². The average molecular weight is 293 g/mol. The van der Waals surface area contributed by atoms with Crippen LogP contribution in [0.25, 0.3) is 0 Å². The summed E-state index contributed by atoms with van der Waals surface area (Å²) in [5, 5.41) is 3.07. The fraction of sp³-hybridized carbons (Fsp3) is 0.333. The lowest BCUT2D eigenvalue weighted by atomic mass is 10.1. The first-order valence-electron chi connectivity index (χ1n) is 6.70. The van der Waals surface area contributed by atoms with Gasteiger partial charge in [-0.3, -0.25) is 0 Å². The van der Waals surface area contributed by atoms with E-state index in [-0.39, 0.29) is 6.10 Å². The van der Waals surface area contributed by atoms with Crippen molar-refractivity contribution in [3.63, 3.8) is 0 Å². The lowest BCUT2D eigenvalue weighted by Gasteiger charge is -2.10. The third kappa shape index (κ3) is 4.98. The van der Waals surface area contributed by atoms with E-state index in [0.29, 0.717) is 30.2 Å². The summed E-state index contributed by atoms with van der Waals surface area (Å²) < 4.78 is 31.6. The molecule has 0 saturated carbocycles. The Labute approximate surface area is 122 Å². The number of nitrogens with one attached hydrogen (secondary N) is 1. The molecule has 0 unspecified atom stereocenters. The van der Waals surface area contributed by atoms with Gasteiger partial charge in [0, 0.05) is 18.7 Å². The molecule has 0 amide bonds. The molecule has 0 aliphatic carbocycles. The third-order valence-electron chi connectivity index (χ3n) is 2.64. The number of hydrogen-bond acceptors (Lipinski definition) is 4. The van der Waals surface area contributed by atoms with Gasteiger partial charge in [0.1, 0.15) is 23.8 Å². The Hall–Kier alpha value is -2.24. The first kappa shape index (κ1) is 15.2. The van der Waals surface area contributed by atoms with Crippen LogP contribution in [0.1, 0.15) is 19.4 Å². The largest absolute Gasteiger partial charge is 0.475 e. The van der Waals surface area contributed by atoms with Gasteiger partial charge >= 0.3 is 0 Å². The first-order valence-corrected chi connectivity index (χ1v) is 6.70. The minimum absolute atomic E-state index is 0.0306. The normalized spacial score (nSPS) is 10.7. The van der Waals surface area contributed by atoms with E-state index in [2.05, 4.69) is 15.3 Å². The number of benzene rings is 1. The van der Waals surface area contributed by atoms with E-state index < -0.39 is 11.6 Å². The van der Waals surface area contributed by atoms with E-state index in [1.165, 1.54) is 18.5 Å². The Morgan fingerprint density at radius 1 is 1.10 bits per heavy atom. The monoisotopic (exact) mass is 293 g/mol. The van der Waals surface area contributed by atoms with Gasteiger partial charge in [-0.2, -0.15) is 0 Å². The van der Waals surface area contributed by atoms with Gasteiger partial charge in [0.2, 0.25) is 5.88 Å². The van der Waals surface area contributed by atoms with Crippen molar-refractivity contribution in [2.75, 3.05) is 11.9 Å². The number of ether oxygens (including phenoxy) is 1. The first-order chi connectivity index (χ1) is 10.0. The van der Waals surface area contributed by atoms with Crippen molar-refractivity contribution >= 4 is 5.82 Å². The van der Waals surface area contributed by atoms with E-state index in [4.69, 9.17) is 4.74 Å². The number of nitrogens with zero attached hydrogens (tertiary/aromatic N) is 2. The summed E-state index contributed by atoms with van der Waals surface area (Å²) in [5.74, 6) is -0.0452. The Morgan fingerprint density at radius 3 is 2.48 bits per heavy atom. The maximum absolute atomic E-state index is 13.1. The van der Waals surface area contributed by atoms with Gasteiger partial charge in [0.15, 0.2) is 0 Å². The van der Waals surface area contributed by atoms with E-state index in [1.54, 1.807) is 6.07 Å². The van der Waals surface area contributed by atoms with E-state index >= 15 is 0 Å². The molecule has 112 valence electrons. The van der Waals surface area contributed by atoms with E-state index in [9.17, 15) is 8.78 Å². The molecular formula is C15H17F2N3O. The molecule has 1 heterocycles. The number of aromatic nitrogens is 2. The summed E-state index contributed by atoms with van der Waals surface area (Å²) in [7, 11) is 0. The zero-order chi connectivity index (χ0) is 15.2. The highest BCUT2D eigenvalue weighted by molar-refractivity contribution is 5.37. The zero-order valence-electron chi connectivity index (χ0n) is 11.9. The molecule has 0 radical (unpaired) electrons. The second-order valence-corrected chi connectivity index (χ2v) is 4.86. The number of anilines is 1. The molecule has 0 saturated heterocycles. The summed E-state index contributed by atoms with van der Waals surface area (Å²) in [6.45, 7) is 4.32. The second kappa shape index (κ2) is 6.97. The highest BCUT2D eigenvalue weighted by Crippen LogP contribution is 2.13. The second-order valence-electron chi connectivity index (χ2n) is 4.86. The number of halogens is 2. The Balaban J connectivity index is 1.91. The average Bonchev–Trinajstić information content (AvgIpc) is 2.37. The number of rotatable bonds is 6. The van der Waals surface area contributed by atoms with Crippen molar-refractivity contribution < 1.29 is 13.5 Å². The fourth-order valence-corrected chi connectivity index (χ4v) is 1.83. The van der Waals surface area contributed by atoms with Crippen LogP contribution in [0.2, 0.25) is 0 Å². The molecule has 1 N–H and O–H groups in total. The smallest absolute Gasteiger partial charge is 0.218 e. The quantitative estimate of drug-likeness (QED) is 0.888. The summed E-state index contributed by atoms with van der Waals surface area (Å²) in [4.78, 5) is 8.06. The maximum Gasteiger partial charge on any atom is 0.218 e. The molecule has 0 atom stereocenters. The molecule has 1 aromatic heterocycles. The molecule has 0 fully saturated rings. The van der Waals surface area contributed by atoms with Crippen molar-refractivity contribution in [3.8, 4) is 5.88 Å². The van der Waals surface area contributed by atoms with Gasteiger partial charge in [-0.25, -0.2) is 18.7 Å². The molecule has 0 spiro atoms. The van der Waals surface area contributed by atoms with Crippen LogP contribution in [-0.4, -0.2) is 22.6 Å². The molecule has 0 aliphatic rings.